The third-order valence-electron chi connectivity index (χ3n) is 5.50. The van der Waals surface area contributed by atoms with E-state index < -0.39 is 0 Å². The summed E-state index contributed by atoms with van der Waals surface area (Å²) >= 11 is 0. The summed E-state index contributed by atoms with van der Waals surface area (Å²) in [5.74, 6) is 0. The Hall–Kier alpha value is -2.80. The molecule has 0 aromatic heterocycles. The van der Waals surface area contributed by atoms with Gasteiger partial charge in [-0.25, -0.2) is 0 Å². The first kappa shape index (κ1) is 14.5. The van der Waals surface area contributed by atoms with Crippen molar-refractivity contribution in [2.45, 2.75) is 12.6 Å². The van der Waals surface area contributed by atoms with Crippen LogP contribution < -0.4 is 5.46 Å². The van der Waals surface area contributed by atoms with Crippen LogP contribution in [0.1, 0.15) is 11.1 Å². The molecule has 118 valence electrons. The van der Waals surface area contributed by atoms with Gasteiger partial charge < -0.3 is 0 Å². The minimum atomic E-state index is 0.539. The molecule has 1 aliphatic rings. The molecule has 0 saturated carbocycles. The zero-order chi connectivity index (χ0) is 16.6. The van der Waals surface area contributed by atoms with Crippen LogP contribution in [0.25, 0.3) is 21.9 Å². The highest BCUT2D eigenvalue weighted by Crippen LogP contribution is 2.30. The summed E-state index contributed by atoms with van der Waals surface area (Å²) in [5, 5.41) is 2.86. The highest BCUT2D eigenvalue weighted by Gasteiger charge is 2.26. The van der Waals surface area contributed by atoms with Crippen molar-refractivity contribution in [3.63, 3.8) is 0 Å². The van der Waals surface area contributed by atoms with E-state index in [1.54, 1.807) is 0 Å². The van der Waals surface area contributed by atoms with Gasteiger partial charge in [0, 0.05) is 0 Å². The van der Waals surface area contributed by atoms with Crippen LogP contribution in [0, 0.1) is 0 Å². The van der Waals surface area contributed by atoms with E-state index in [1.165, 1.54) is 38.5 Å². The van der Waals surface area contributed by atoms with Gasteiger partial charge in [-0.15, -0.1) is 0 Å². The van der Waals surface area contributed by atoms with Gasteiger partial charge in [0.1, 0.15) is 0 Å². The molecular formula is C24H19B. The fourth-order valence-electron chi connectivity index (χ4n) is 4.40. The molecule has 0 amide bonds. The second-order valence-electron chi connectivity index (χ2n) is 6.99. The van der Waals surface area contributed by atoms with E-state index in [-0.39, 0.29) is 0 Å². The van der Waals surface area contributed by atoms with Gasteiger partial charge in [-0.3, -0.25) is 0 Å². The van der Waals surface area contributed by atoms with Gasteiger partial charge in [0.25, 0.3) is 0 Å². The smallest absolute Gasteiger partial charge is 0.0717 e. The Morgan fingerprint density at radius 2 is 1.20 bits per heavy atom. The van der Waals surface area contributed by atoms with Crippen LogP contribution in [0.5, 0.6) is 0 Å². The summed E-state index contributed by atoms with van der Waals surface area (Å²) in [6.45, 7) is 0.539. The molecule has 0 unspecified atom stereocenters. The first-order valence-electron chi connectivity index (χ1n) is 9.04. The molecule has 0 spiro atoms. The monoisotopic (exact) mass is 318 g/mol. The first-order chi connectivity index (χ1) is 12.4. The summed E-state index contributed by atoms with van der Waals surface area (Å²) in [5.41, 5.74) is 7.15. The van der Waals surface area contributed by atoms with E-state index in [0.29, 0.717) is 6.71 Å². The molecule has 1 heterocycles. The van der Waals surface area contributed by atoms with E-state index in [0.717, 1.165) is 12.6 Å². The maximum Gasteiger partial charge on any atom is 0.185 e. The minimum absolute atomic E-state index is 0.539. The number of hydrogen-bond donors (Lipinski definition) is 0. The van der Waals surface area contributed by atoms with Crippen LogP contribution >= 0.6 is 0 Å². The third kappa shape index (κ3) is 2.48. The Morgan fingerprint density at radius 3 is 1.92 bits per heavy atom. The second-order valence-corrected chi connectivity index (χ2v) is 6.99. The van der Waals surface area contributed by atoms with Crippen molar-refractivity contribution in [3.05, 3.63) is 102 Å². The lowest BCUT2D eigenvalue weighted by molar-refractivity contribution is 1.25. The molecule has 0 saturated heterocycles. The molecule has 0 N–H and O–H groups in total. The number of hydrogen-bond acceptors (Lipinski definition) is 0. The van der Waals surface area contributed by atoms with Gasteiger partial charge in [-0.2, -0.15) is 0 Å². The lowest BCUT2D eigenvalue weighted by Gasteiger charge is -2.25. The molecule has 4 aromatic carbocycles. The van der Waals surface area contributed by atoms with Gasteiger partial charge in [0.05, 0.1) is 0 Å². The average Bonchev–Trinajstić information content (AvgIpc) is 2.69. The Balaban J connectivity index is 1.63. The molecule has 1 heteroatoms. The molecule has 25 heavy (non-hydrogen) atoms. The first-order valence-corrected chi connectivity index (χ1v) is 9.04. The lowest BCUT2D eigenvalue weighted by atomic mass is 9.36. The van der Waals surface area contributed by atoms with Crippen molar-refractivity contribution >= 4 is 22.9 Å². The molecule has 1 aliphatic heterocycles. The molecule has 0 atom stereocenters. The Kier molecular flexibility index (Phi) is 3.45. The number of benzene rings is 4. The Bertz CT molecular complexity index is 1010. The second kappa shape index (κ2) is 5.93. The van der Waals surface area contributed by atoms with Crippen LogP contribution in [0.3, 0.4) is 0 Å². The summed E-state index contributed by atoms with van der Waals surface area (Å²) in [7, 11) is 0. The zero-order valence-corrected chi connectivity index (χ0v) is 14.2. The standard InChI is InChI=1S/C24H19B/c1-2-8-18(9-3-1)22-14-4-5-15-23(22)25-16-20-12-6-10-19-11-7-13-21(17-25)24(19)20/h1-15H,16-17H2. The lowest BCUT2D eigenvalue weighted by Crippen LogP contribution is -2.39. The van der Waals surface area contributed by atoms with Gasteiger partial charge in [-0.05, 0) is 45.7 Å². The topological polar surface area (TPSA) is 0 Å². The van der Waals surface area contributed by atoms with E-state index in [4.69, 9.17) is 0 Å². The molecule has 4 aromatic rings. The highest BCUT2D eigenvalue weighted by molar-refractivity contribution is 6.74. The van der Waals surface area contributed by atoms with Gasteiger partial charge >= 0.3 is 0 Å². The summed E-state index contributed by atoms with van der Waals surface area (Å²) in [4.78, 5) is 0. The average molecular weight is 318 g/mol. The predicted molar refractivity (Wildman–Crippen MR) is 109 cm³/mol. The molecule has 0 fully saturated rings. The maximum atomic E-state index is 2.32. The molecule has 0 radical (unpaired) electrons. The minimum Gasteiger partial charge on any atom is -0.0717 e. The highest BCUT2D eigenvalue weighted by atomic mass is 14.1. The van der Waals surface area contributed by atoms with Crippen molar-refractivity contribution in [2.24, 2.45) is 0 Å². The van der Waals surface area contributed by atoms with E-state index in [1.807, 2.05) is 0 Å². The van der Waals surface area contributed by atoms with Crippen LogP contribution in [0.15, 0.2) is 91.0 Å². The van der Waals surface area contributed by atoms with Crippen LogP contribution in [0.4, 0.5) is 0 Å². The van der Waals surface area contributed by atoms with Crippen molar-refractivity contribution in [2.75, 3.05) is 0 Å². The third-order valence-corrected chi connectivity index (χ3v) is 5.50. The fraction of sp³-hybridized carbons (Fsp3) is 0.0833. The fourth-order valence-corrected chi connectivity index (χ4v) is 4.40. The van der Waals surface area contributed by atoms with E-state index in [2.05, 4.69) is 91.0 Å². The summed E-state index contributed by atoms with van der Waals surface area (Å²) in [6.07, 6.45) is 2.25. The predicted octanol–water partition coefficient (Wildman–Crippen LogP) is 5.09. The van der Waals surface area contributed by atoms with Gasteiger partial charge in [0.15, 0.2) is 6.71 Å². The Labute approximate surface area is 149 Å². The maximum absolute atomic E-state index is 2.32. The van der Waals surface area contributed by atoms with Crippen LogP contribution in [-0.2, 0) is 12.6 Å². The Morgan fingerprint density at radius 1 is 0.560 bits per heavy atom. The molecular weight excluding hydrogens is 299 g/mol. The van der Waals surface area contributed by atoms with Gasteiger partial charge in [0.2, 0.25) is 0 Å². The van der Waals surface area contributed by atoms with Gasteiger partial charge in [-0.1, -0.05) is 96.5 Å². The van der Waals surface area contributed by atoms with Crippen molar-refractivity contribution in [1.29, 1.82) is 0 Å². The zero-order valence-electron chi connectivity index (χ0n) is 14.2. The normalized spacial score (nSPS) is 13.2. The molecule has 0 nitrogen and oxygen atoms in total. The molecule has 0 bridgehead atoms. The van der Waals surface area contributed by atoms with Crippen molar-refractivity contribution in [1.82, 2.24) is 0 Å². The van der Waals surface area contributed by atoms with Crippen molar-refractivity contribution in [3.8, 4) is 11.1 Å². The largest absolute Gasteiger partial charge is 0.185 e. The van der Waals surface area contributed by atoms with Crippen LogP contribution in [-0.4, -0.2) is 6.71 Å². The van der Waals surface area contributed by atoms with E-state index in [9.17, 15) is 0 Å². The molecule has 5 rings (SSSR count). The van der Waals surface area contributed by atoms with Crippen molar-refractivity contribution < 1.29 is 0 Å². The summed E-state index contributed by atoms with van der Waals surface area (Å²) < 4.78 is 0. The number of rotatable bonds is 2. The van der Waals surface area contributed by atoms with E-state index >= 15 is 0 Å². The molecule has 0 aliphatic carbocycles. The van der Waals surface area contributed by atoms with Crippen LogP contribution in [0.2, 0.25) is 0 Å². The SMILES string of the molecule is c1ccc(-c2ccccc2B2Cc3cccc4cccc(c34)C2)cc1. The summed E-state index contributed by atoms with van der Waals surface area (Å²) in [6, 6.07) is 33.2. The quantitative estimate of drug-likeness (QED) is 0.452.